The number of quaternary nitrogens is 1. The highest BCUT2D eigenvalue weighted by molar-refractivity contribution is 6.30. The quantitative estimate of drug-likeness (QED) is 0.624. The molecule has 1 aromatic carbocycles. The molecule has 0 unspecified atom stereocenters. The van der Waals surface area contributed by atoms with E-state index in [-0.39, 0.29) is 0 Å². The minimum absolute atomic E-state index is 0.871. The van der Waals surface area contributed by atoms with Crippen molar-refractivity contribution in [1.82, 2.24) is 0 Å². The Balaban J connectivity index is 2.36. The van der Waals surface area contributed by atoms with Gasteiger partial charge in [0.1, 0.15) is 6.54 Å². The largest absolute Gasteiger partial charge is 0.342 e. The molecule has 2 heteroatoms. The molecular formula is C10H13ClN+. The Hall–Kier alpha value is -0.530. The Kier molecular flexibility index (Phi) is 2.33. The highest BCUT2D eigenvalue weighted by Crippen LogP contribution is 2.17. The maximum atomic E-state index is 5.92. The molecule has 0 atom stereocenters. The first-order valence-electron chi connectivity index (χ1n) is 4.45. The summed E-state index contributed by atoms with van der Waals surface area (Å²) in [4.78, 5) is 0. The van der Waals surface area contributed by atoms with E-state index in [0.29, 0.717) is 0 Å². The molecule has 2 N–H and O–H groups in total. The molecule has 64 valence electrons. The SMILES string of the molecule is Clc1ccc2c(c1)CCC[NH2+]C2. The van der Waals surface area contributed by atoms with E-state index in [1.807, 2.05) is 6.07 Å². The summed E-state index contributed by atoms with van der Waals surface area (Å²) in [6.07, 6.45) is 2.46. The fraction of sp³-hybridized carbons (Fsp3) is 0.400. The molecule has 1 aliphatic heterocycles. The lowest BCUT2D eigenvalue weighted by molar-refractivity contribution is -0.669. The van der Waals surface area contributed by atoms with Gasteiger partial charge in [0, 0.05) is 17.0 Å². The third-order valence-electron chi connectivity index (χ3n) is 2.39. The lowest BCUT2D eigenvalue weighted by atomic mass is 10.0. The molecule has 1 aromatic rings. The molecule has 0 radical (unpaired) electrons. The molecule has 2 rings (SSSR count). The van der Waals surface area contributed by atoms with Crippen LogP contribution in [0.2, 0.25) is 5.02 Å². The first kappa shape index (κ1) is 8.09. The van der Waals surface area contributed by atoms with E-state index in [0.717, 1.165) is 11.6 Å². The molecule has 0 aliphatic carbocycles. The highest BCUT2D eigenvalue weighted by atomic mass is 35.5. The standard InChI is InChI=1S/C10H12ClN/c11-10-4-3-9-7-12-5-1-2-8(9)6-10/h3-4,6,12H,1-2,5,7H2/p+1. The van der Waals surface area contributed by atoms with Crippen LogP contribution in [0.15, 0.2) is 18.2 Å². The van der Waals surface area contributed by atoms with Gasteiger partial charge in [0.25, 0.3) is 0 Å². The highest BCUT2D eigenvalue weighted by Gasteiger charge is 2.08. The van der Waals surface area contributed by atoms with E-state index < -0.39 is 0 Å². The molecule has 0 aromatic heterocycles. The van der Waals surface area contributed by atoms with Gasteiger partial charge in [0.2, 0.25) is 0 Å². The summed E-state index contributed by atoms with van der Waals surface area (Å²) >= 11 is 5.92. The number of rotatable bonds is 0. The molecule has 0 saturated carbocycles. The smallest absolute Gasteiger partial charge is 0.102 e. The van der Waals surface area contributed by atoms with Gasteiger partial charge in [-0.3, -0.25) is 0 Å². The van der Waals surface area contributed by atoms with Gasteiger partial charge in [-0.05, 0) is 24.1 Å². The van der Waals surface area contributed by atoms with E-state index in [9.17, 15) is 0 Å². The average Bonchev–Trinajstić information content (AvgIpc) is 2.28. The van der Waals surface area contributed by atoms with E-state index in [2.05, 4.69) is 17.4 Å². The number of aryl methyl sites for hydroxylation is 1. The van der Waals surface area contributed by atoms with Crippen LogP contribution in [0.3, 0.4) is 0 Å². The molecule has 0 saturated heterocycles. The molecule has 1 aliphatic rings. The molecule has 0 spiro atoms. The summed E-state index contributed by atoms with van der Waals surface area (Å²) in [5, 5.41) is 3.23. The van der Waals surface area contributed by atoms with Gasteiger partial charge in [-0.2, -0.15) is 0 Å². The fourth-order valence-corrected chi connectivity index (χ4v) is 1.92. The third-order valence-corrected chi connectivity index (χ3v) is 2.62. The second kappa shape index (κ2) is 3.46. The number of benzene rings is 1. The monoisotopic (exact) mass is 182 g/mol. The number of hydrogen-bond acceptors (Lipinski definition) is 0. The van der Waals surface area contributed by atoms with E-state index in [1.54, 1.807) is 0 Å². The topological polar surface area (TPSA) is 16.6 Å². The van der Waals surface area contributed by atoms with Gasteiger partial charge in [-0.1, -0.05) is 17.7 Å². The first-order valence-corrected chi connectivity index (χ1v) is 4.83. The second-order valence-electron chi connectivity index (χ2n) is 3.30. The van der Waals surface area contributed by atoms with Crippen molar-refractivity contribution in [3.05, 3.63) is 34.3 Å². The van der Waals surface area contributed by atoms with Gasteiger partial charge in [0.15, 0.2) is 0 Å². The zero-order valence-electron chi connectivity index (χ0n) is 7.02. The van der Waals surface area contributed by atoms with Crippen LogP contribution in [0, 0.1) is 0 Å². The Morgan fingerprint density at radius 2 is 2.17 bits per heavy atom. The predicted octanol–water partition coefficient (Wildman–Crippen LogP) is 1.35. The normalized spacial score (nSPS) is 16.8. The van der Waals surface area contributed by atoms with Gasteiger partial charge in [-0.15, -0.1) is 0 Å². The summed E-state index contributed by atoms with van der Waals surface area (Å²) in [6, 6.07) is 6.25. The van der Waals surface area contributed by atoms with Crippen molar-refractivity contribution in [2.75, 3.05) is 6.54 Å². The van der Waals surface area contributed by atoms with E-state index in [4.69, 9.17) is 11.6 Å². The Morgan fingerprint density at radius 3 is 3.08 bits per heavy atom. The zero-order valence-corrected chi connectivity index (χ0v) is 7.77. The van der Waals surface area contributed by atoms with Gasteiger partial charge in [0.05, 0.1) is 6.54 Å². The lowest BCUT2D eigenvalue weighted by Crippen LogP contribution is -2.82. The fourth-order valence-electron chi connectivity index (χ4n) is 1.72. The Labute approximate surface area is 77.7 Å². The predicted molar refractivity (Wildman–Crippen MR) is 50.3 cm³/mol. The first-order chi connectivity index (χ1) is 5.86. The molecular weight excluding hydrogens is 170 g/mol. The van der Waals surface area contributed by atoms with Crippen molar-refractivity contribution >= 4 is 11.6 Å². The molecule has 12 heavy (non-hydrogen) atoms. The van der Waals surface area contributed by atoms with Crippen molar-refractivity contribution in [2.45, 2.75) is 19.4 Å². The average molecular weight is 183 g/mol. The number of halogens is 1. The van der Waals surface area contributed by atoms with Crippen LogP contribution in [0.25, 0.3) is 0 Å². The summed E-state index contributed by atoms with van der Waals surface area (Å²) in [7, 11) is 0. The van der Waals surface area contributed by atoms with Crippen LogP contribution in [0.4, 0.5) is 0 Å². The maximum Gasteiger partial charge on any atom is 0.102 e. The maximum absolute atomic E-state index is 5.92. The van der Waals surface area contributed by atoms with Gasteiger partial charge < -0.3 is 5.32 Å². The van der Waals surface area contributed by atoms with Crippen molar-refractivity contribution in [3.63, 3.8) is 0 Å². The molecule has 1 nitrogen and oxygen atoms in total. The van der Waals surface area contributed by atoms with Crippen molar-refractivity contribution < 1.29 is 5.32 Å². The molecule has 1 heterocycles. The molecule has 0 bridgehead atoms. The minimum Gasteiger partial charge on any atom is -0.342 e. The second-order valence-corrected chi connectivity index (χ2v) is 3.73. The van der Waals surface area contributed by atoms with Crippen LogP contribution >= 0.6 is 11.6 Å². The van der Waals surface area contributed by atoms with Crippen LogP contribution in [-0.2, 0) is 13.0 Å². The van der Waals surface area contributed by atoms with Gasteiger partial charge in [-0.25, -0.2) is 0 Å². The van der Waals surface area contributed by atoms with Crippen LogP contribution < -0.4 is 5.32 Å². The van der Waals surface area contributed by atoms with Gasteiger partial charge >= 0.3 is 0 Å². The number of fused-ring (bicyclic) bond motifs is 1. The van der Waals surface area contributed by atoms with Crippen molar-refractivity contribution in [3.8, 4) is 0 Å². The third kappa shape index (κ3) is 1.62. The lowest BCUT2D eigenvalue weighted by Gasteiger charge is -2.02. The zero-order chi connectivity index (χ0) is 8.39. The van der Waals surface area contributed by atoms with Crippen molar-refractivity contribution in [1.29, 1.82) is 0 Å². The summed E-state index contributed by atoms with van der Waals surface area (Å²) in [6.45, 7) is 2.36. The molecule has 0 amide bonds. The Bertz CT molecular complexity index is 283. The van der Waals surface area contributed by atoms with E-state index in [1.165, 1.54) is 30.5 Å². The molecule has 0 fully saturated rings. The van der Waals surface area contributed by atoms with Crippen LogP contribution in [0.1, 0.15) is 17.5 Å². The number of nitrogens with two attached hydrogens (primary N) is 1. The van der Waals surface area contributed by atoms with Crippen molar-refractivity contribution in [2.24, 2.45) is 0 Å². The Morgan fingerprint density at radius 1 is 1.25 bits per heavy atom. The van der Waals surface area contributed by atoms with Crippen LogP contribution in [-0.4, -0.2) is 6.54 Å². The van der Waals surface area contributed by atoms with E-state index >= 15 is 0 Å². The summed E-state index contributed by atoms with van der Waals surface area (Å²) in [5.74, 6) is 0. The summed E-state index contributed by atoms with van der Waals surface area (Å²) in [5.41, 5.74) is 2.90. The van der Waals surface area contributed by atoms with Crippen LogP contribution in [0.5, 0.6) is 0 Å². The number of hydrogen-bond donors (Lipinski definition) is 1. The summed E-state index contributed by atoms with van der Waals surface area (Å²) < 4.78 is 0. The minimum atomic E-state index is 0.871.